The average molecular weight is 534 g/mol. The van der Waals surface area contributed by atoms with Crippen LogP contribution < -0.4 is 5.32 Å². The molecule has 10 heteroatoms. The number of carbonyl (C=O) groups is 4. The van der Waals surface area contributed by atoms with E-state index in [2.05, 4.69) is 5.32 Å². The van der Waals surface area contributed by atoms with E-state index < -0.39 is 41.6 Å². The number of nitrogens with zero attached hydrogens (tertiary/aromatic N) is 2. The Kier molecular flexibility index (Phi) is 9.33. The molecule has 208 valence electrons. The molecule has 0 spiro atoms. The zero-order chi connectivity index (χ0) is 27.2. The van der Waals surface area contributed by atoms with E-state index in [1.165, 1.54) is 4.90 Å². The Labute approximate surface area is 221 Å². The molecular formula is C28H37F2N3O5. The van der Waals surface area contributed by atoms with Gasteiger partial charge in [0.25, 0.3) is 11.8 Å². The summed E-state index contributed by atoms with van der Waals surface area (Å²) >= 11 is 0. The van der Waals surface area contributed by atoms with Crippen molar-refractivity contribution in [3.05, 3.63) is 35.4 Å². The second-order valence-electron chi connectivity index (χ2n) is 10.9. The molecule has 3 aliphatic rings. The van der Waals surface area contributed by atoms with Crippen molar-refractivity contribution in [1.29, 1.82) is 0 Å². The van der Waals surface area contributed by atoms with E-state index in [1.54, 1.807) is 0 Å². The number of amides is 3. The van der Waals surface area contributed by atoms with Crippen molar-refractivity contribution in [2.75, 3.05) is 13.1 Å². The highest BCUT2D eigenvalue weighted by Crippen LogP contribution is 2.31. The van der Waals surface area contributed by atoms with Crippen molar-refractivity contribution in [2.45, 2.75) is 89.3 Å². The van der Waals surface area contributed by atoms with E-state index in [9.17, 15) is 33.1 Å². The lowest BCUT2D eigenvalue weighted by Gasteiger charge is -2.34. The molecule has 1 saturated heterocycles. The normalized spacial score (nSPS) is 21.5. The number of carbonyl (C=O) groups excluding carboxylic acids is 3. The summed E-state index contributed by atoms with van der Waals surface area (Å²) in [5.74, 6) is -4.09. The molecule has 2 aliphatic carbocycles. The number of halogens is 2. The summed E-state index contributed by atoms with van der Waals surface area (Å²) in [6, 6.07) is 1.82. The Balaban J connectivity index is 1.56. The van der Waals surface area contributed by atoms with E-state index in [-0.39, 0.29) is 43.3 Å². The maximum atomic E-state index is 13.9. The van der Waals surface area contributed by atoms with Crippen LogP contribution >= 0.6 is 0 Å². The summed E-state index contributed by atoms with van der Waals surface area (Å²) in [6.45, 7) is 0.134. The fraction of sp³-hybridized carbons (Fsp3) is 0.643. The van der Waals surface area contributed by atoms with Crippen LogP contribution in [-0.2, 0) is 14.4 Å². The van der Waals surface area contributed by atoms with Crippen LogP contribution in [0.5, 0.6) is 0 Å². The lowest BCUT2D eigenvalue weighted by molar-refractivity contribution is -0.143. The van der Waals surface area contributed by atoms with Crippen LogP contribution in [0.2, 0.25) is 0 Å². The molecule has 0 radical (unpaired) electrons. The molecule has 2 saturated carbocycles. The van der Waals surface area contributed by atoms with Crippen molar-refractivity contribution in [1.82, 2.24) is 15.1 Å². The number of benzene rings is 1. The zero-order valence-corrected chi connectivity index (χ0v) is 21.7. The summed E-state index contributed by atoms with van der Waals surface area (Å²) in [6.07, 6.45) is 8.34. The van der Waals surface area contributed by atoms with Gasteiger partial charge >= 0.3 is 5.97 Å². The van der Waals surface area contributed by atoms with Crippen LogP contribution in [0.15, 0.2) is 18.2 Å². The Bertz CT molecular complexity index is 1020. The van der Waals surface area contributed by atoms with E-state index >= 15 is 0 Å². The van der Waals surface area contributed by atoms with Crippen molar-refractivity contribution in [3.63, 3.8) is 0 Å². The highest BCUT2D eigenvalue weighted by molar-refractivity contribution is 5.99. The predicted octanol–water partition coefficient (Wildman–Crippen LogP) is 4.09. The van der Waals surface area contributed by atoms with Gasteiger partial charge in [-0.1, -0.05) is 44.9 Å². The number of hydrogen-bond donors (Lipinski definition) is 2. The van der Waals surface area contributed by atoms with Gasteiger partial charge in [-0.05, 0) is 43.2 Å². The van der Waals surface area contributed by atoms with E-state index in [0.717, 1.165) is 74.8 Å². The minimum absolute atomic E-state index is 0.0156. The Morgan fingerprint density at radius 3 is 2.13 bits per heavy atom. The third kappa shape index (κ3) is 6.88. The predicted molar refractivity (Wildman–Crippen MR) is 135 cm³/mol. The van der Waals surface area contributed by atoms with Crippen molar-refractivity contribution >= 4 is 23.7 Å². The molecule has 0 aromatic heterocycles. The molecule has 4 rings (SSSR count). The average Bonchev–Trinajstić information content (AvgIpc) is 3.56. The number of carboxylic acid groups (broad SMARTS) is 1. The summed E-state index contributed by atoms with van der Waals surface area (Å²) in [7, 11) is 0. The Morgan fingerprint density at radius 1 is 0.895 bits per heavy atom. The topological polar surface area (TPSA) is 107 Å². The van der Waals surface area contributed by atoms with Crippen LogP contribution in [0.3, 0.4) is 0 Å². The molecule has 1 aromatic rings. The molecule has 1 aliphatic heterocycles. The smallest absolute Gasteiger partial charge is 0.305 e. The first kappa shape index (κ1) is 28.0. The quantitative estimate of drug-likeness (QED) is 0.497. The van der Waals surface area contributed by atoms with Crippen LogP contribution in [0.4, 0.5) is 8.78 Å². The molecule has 2 atom stereocenters. The van der Waals surface area contributed by atoms with Gasteiger partial charge in [-0.3, -0.25) is 19.2 Å². The molecule has 2 unspecified atom stereocenters. The number of hydrogen-bond acceptors (Lipinski definition) is 4. The molecule has 8 nitrogen and oxygen atoms in total. The molecule has 1 heterocycles. The van der Waals surface area contributed by atoms with Crippen LogP contribution in [0.25, 0.3) is 0 Å². The van der Waals surface area contributed by atoms with Gasteiger partial charge in [0, 0.05) is 37.2 Å². The van der Waals surface area contributed by atoms with E-state index in [0.29, 0.717) is 18.4 Å². The number of carboxylic acids is 1. The molecule has 3 fully saturated rings. The number of rotatable bonds is 9. The molecular weight excluding hydrogens is 496 g/mol. The zero-order valence-electron chi connectivity index (χ0n) is 21.7. The van der Waals surface area contributed by atoms with Gasteiger partial charge in [-0.2, -0.15) is 0 Å². The Hall–Kier alpha value is -3.04. The summed E-state index contributed by atoms with van der Waals surface area (Å²) in [4.78, 5) is 54.5. The van der Waals surface area contributed by atoms with Gasteiger partial charge < -0.3 is 20.2 Å². The lowest BCUT2D eigenvalue weighted by atomic mass is 9.82. The van der Waals surface area contributed by atoms with Gasteiger partial charge in [0.1, 0.15) is 11.6 Å². The van der Waals surface area contributed by atoms with Crippen LogP contribution in [-0.4, -0.2) is 63.9 Å². The fourth-order valence-electron chi connectivity index (χ4n) is 6.32. The van der Waals surface area contributed by atoms with Crippen molar-refractivity contribution < 1.29 is 33.1 Å². The minimum atomic E-state index is -1.32. The molecule has 3 amide bonds. The van der Waals surface area contributed by atoms with Gasteiger partial charge in [0.05, 0.1) is 6.42 Å². The van der Waals surface area contributed by atoms with Crippen molar-refractivity contribution in [3.8, 4) is 0 Å². The molecule has 38 heavy (non-hydrogen) atoms. The van der Waals surface area contributed by atoms with E-state index in [4.69, 9.17) is 0 Å². The maximum absolute atomic E-state index is 13.9. The summed E-state index contributed by atoms with van der Waals surface area (Å²) in [5, 5.41) is 12.3. The monoisotopic (exact) mass is 533 g/mol. The largest absolute Gasteiger partial charge is 0.481 e. The van der Waals surface area contributed by atoms with Crippen LogP contribution in [0, 0.1) is 23.5 Å². The first-order valence-electron chi connectivity index (χ1n) is 13.8. The fourth-order valence-corrected chi connectivity index (χ4v) is 6.32. The van der Waals surface area contributed by atoms with Gasteiger partial charge in [-0.25, -0.2) is 8.78 Å². The second kappa shape index (κ2) is 12.7. The lowest BCUT2D eigenvalue weighted by Crippen LogP contribution is -2.57. The third-order valence-corrected chi connectivity index (χ3v) is 8.28. The van der Waals surface area contributed by atoms with E-state index in [1.807, 2.05) is 0 Å². The van der Waals surface area contributed by atoms with Gasteiger partial charge in [0.15, 0.2) is 6.17 Å². The third-order valence-electron chi connectivity index (χ3n) is 8.28. The Morgan fingerprint density at radius 2 is 1.50 bits per heavy atom. The van der Waals surface area contributed by atoms with Gasteiger partial charge in [-0.15, -0.1) is 0 Å². The number of aliphatic carboxylic acids is 1. The maximum Gasteiger partial charge on any atom is 0.305 e. The summed E-state index contributed by atoms with van der Waals surface area (Å²) < 4.78 is 27.7. The first-order valence-corrected chi connectivity index (χ1v) is 13.8. The molecule has 2 N–H and O–H groups in total. The second-order valence-corrected chi connectivity index (χ2v) is 10.9. The molecule has 0 bridgehead atoms. The standard InChI is InChI=1S/C28H37F2N3O5/c29-21-14-20(15-22(30)16-21)28(38)33-13-12-32(24(34)11-10-18-6-4-5-7-18)27(33)26(37)31-23(17-25(35)36)19-8-2-1-3-9-19/h14-16,18-19,23,27H,1-13,17H2,(H,31,37)(H,35,36). The highest BCUT2D eigenvalue weighted by Gasteiger charge is 2.44. The van der Waals surface area contributed by atoms with Crippen LogP contribution in [0.1, 0.15) is 87.4 Å². The molecule has 1 aromatic carbocycles. The highest BCUT2D eigenvalue weighted by atomic mass is 19.1. The minimum Gasteiger partial charge on any atom is -0.481 e. The van der Waals surface area contributed by atoms with Gasteiger partial charge in [0.2, 0.25) is 5.91 Å². The van der Waals surface area contributed by atoms with Crippen molar-refractivity contribution in [2.24, 2.45) is 11.8 Å². The first-order chi connectivity index (χ1) is 18.2. The number of nitrogens with one attached hydrogen (secondary N) is 1. The SMILES string of the molecule is O=C(O)CC(NC(=O)C1N(C(=O)CCC2CCCC2)CCN1C(=O)c1cc(F)cc(F)c1)C1CCCCC1. The summed E-state index contributed by atoms with van der Waals surface area (Å²) in [5.41, 5.74) is -0.255.